The number of unbranched alkanes of at least 4 members (excludes halogenated alkanes) is 2. The molecule has 0 radical (unpaired) electrons. The first-order valence-electron chi connectivity index (χ1n) is 8.21. The Balaban J connectivity index is 1.77. The monoisotopic (exact) mass is 352 g/mol. The number of esters is 1. The van der Waals surface area contributed by atoms with Crippen LogP contribution < -0.4 is 10.6 Å². The maximum atomic E-state index is 11.3. The summed E-state index contributed by atoms with van der Waals surface area (Å²) in [5.74, 6) is -0.191. The number of hydrogen-bond donors (Lipinski definition) is 3. The van der Waals surface area contributed by atoms with Crippen molar-refractivity contribution in [2.75, 3.05) is 23.0 Å². The molecular formula is C17H24N2O4S. The van der Waals surface area contributed by atoms with Crippen molar-refractivity contribution in [2.24, 2.45) is 0 Å². The van der Waals surface area contributed by atoms with Crippen molar-refractivity contribution >= 4 is 35.1 Å². The van der Waals surface area contributed by atoms with Crippen molar-refractivity contribution in [1.82, 2.24) is 0 Å². The largest absolute Gasteiger partial charge is 0.481 e. The molecule has 24 heavy (non-hydrogen) atoms. The summed E-state index contributed by atoms with van der Waals surface area (Å²) >= 11 is 1.57. The van der Waals surface area contributed by atoms with E-state index in [4.69, 9.17) is 4.74 Å². The number of aliphatic carboxylic acids is 1. The number of carbonyl (C=O) groups is 2. The molecule has 0 aliphatic carbocycles. The van der Waals surface area contributed by atoms with Gasteiger partial charge in [-0.1, -0.05) is 18.6 Å². The fourth-order valence-electron chi connectivity index (χ4n) is 2.62. The van der Waals surface area contributed by atoms with Crippen LogP contribution in [0.3, 0.4) is 0 Å². The fraction of sp³-hybridized carbons (Fsp3) is 0.529. The zero-order valence-corrected chi connectivity index (χ0v) is 14.7. The summed E-state index contributed by atoms with van der Waals surface area (Å²) in [6.45, 7) is 2.22. The summed E-state index contributed by atoms with van der Waals surface area (Å²) in [7, 11) is 0. The van der Waals surface area contributed by atoms with Crippen LogP contribution in [0.2, 0.25) is 0 Å². The Morgan fingerprint density at radius 3 is 2.42 bits per heavy atom. The molecule has 0 spiro atoms. The van der Waals surface area contributed by atoms with Gasteiger partial charge in [0, 0.05) is 6.42 Å². The number of carbonyl (C=O) groups excluding carboxylic acids is 1. The first-order valence-corrected chi connectivity index (χ1v) is 9.20. The highest BCUT2D eigenvalue weighted by Gasteiger charge is 2.38. The van der Waals surface area contributed by atoms with E-state index in [9.17, 15) is 14.7 Å². The van der Waals surface area contributed by atoms with Gasteiger partial charge in [-0.3, -0.25) is 9.59 Å². The number of anilines is 2. The SMILES string of the molecule is CCOC(=O)CCCCCSC1(CC(=O)O)Nc2ccccc2N1. The molecule has 1 aromatic rings. The first-order chi connectivity index (χ1) is 11.5. The van der Waals surface area contributed by atoms with Crippen LogP contribution in [-0.2, 0) is 14.3 Å². The van der Waals surface area contributed by atoms with Gasteiger partial charge >= 0.3 is 11.9 Å². The minimum absolute atomic E-state index is 0.0187. The molecular weight excluding hydrogens is 328 g/mol. The van der Waals surface area contributed by atoms with E-state index in [2.05, 4.69) is 10.6 Å². The summed E-state index contributed by atoms with van der Waals surface area (Å²) in [5, 5.41) is 15.8. The van der Waals surface area contributed by atoms with E-state index in [1.807, 2.05) is 24.3 Å². The lowest BCUT2D eigenvalue weighted by Gasteiger charge is -2.28. The molecule has 0 fully saturated rings. The van der Waals surface area contributed by atoms with Crippen molar-refractivity contribution in [3.05, 3.63) is 24.3 Å². The zero-order chi connectivity index (χ0) is 17.4. The number of hydrogen-bond acceptors (Lipinski definition) is 6. The van der Waals surface area contributed by atoms with Crippen LogP contribution in [0, 0.1) is 0 Å². The summed E-state index contributed by atoms with van der Waals surface area (Å²) in [5.41, 5.74) is 1.85. The van der Waals surface area contributed by atoms with Gasteiger partial charge in [0.25, 0.3) is 0 Å². The second-order valence-electron chi connectivity index (χ2n) is 5.66. The Labute approximate surface area is 146 Å². The van der Waals surface area contributed by atoms with Crippen molar-refractivity contribution < 1.29 is 19.4 Å². The Kier molecular flexibility index (Phi) is 6.78. The van der Waals surface area contributed by atoms with Crippen molar-refractivity contribution in [2.45, 2.75) is 44.0 Å². The molecule has 132 valence electrons. The van der Waals surface area contributed by atoms with Crippen molar-refractivity contribution in [3.8, 4) is 0 Å². The highest BCUT2D eigenvalue weighted by Crippen LogP contribution is 2.41. The Hall–Kier alpha value is -1.89. The maximum Gasteiger partial charge on any atom is 0.308 e. The van der Waals surface area contributed by atoms with Crippen LogP contribution in [-0.4, -0.2) is 34.4 Å². The zero-order valence-electron chi connectivity index (χ0n) is 13.8. The van der Waals surface area contributed by atoms with Gasteiger partial charge in [0.05, 0.1) is 24.4 Å². The van der Waals surface area contributed by atoms with Crippen LogP contribution in [0.25, 0.3) is 0 Å². The van der Waals surface area contributed by atoms with E-state index in [0.717, 1.165) is 36.4 Å². The lowest BCUT2D eigenvalue weighted by Crippen LogP contribution is -2.40. The predicted molar refractivity (Wildman–Crippen MR) is 96.2 cm³/mol. The first kappa shape index (κ1) is 18.4. The Morgan fingerprint density at radius 1 is 1.17 bits per heavy atom. The highest BCUT2D eigenvalue weighted by atomic mass is 32.2. The number of fused-ring (bicyclic) bond motifs is 1. The molecule has 0 bridgehead atoms. The van der Waals surface area contributed by atoms with Gasteiger partial charge in [0.2, 0.25) is 0 Å². The number of carboxylic acid groups (broad SMARTS) is 1. The molecule has 1 aliphatic heterocycles. The average molecular weight is 352 g/mol. The number of nitrogens with one attached hydrogen (secondary N) is 2. The van der Waals surface area contributed by atoms with E-state index < -0.39 is 11.0 Å². The van der Waals surface area contributed by atoms with Gasteiger partial charge < -0.3 is 20.5 Å². The van der Waals surface area contributed by atoms with Crippen LogP contribution >= 0.6 is 11.8 Å². The standard InChI is InChI=1S/C17H24N2O4S/c1-2-23-16(22)10-4-3-7-11-24-17(12-15(20)21)18-13-8-5-6-9-14(13)19-17/h5-6,8-9,18-19H,2-4,7,10-12H2,1H3,(H,20,21). The topological polar surface area (TPSA) is 87.7 Å². The number of ether oxygens (including phenoxy) is 1. The Bertz CT molecular complexity index is 554. The molecule has 3 N–H and O–H groups in total. The van der Waals surface area contributed by atoms with Crippen molar-refractivity contribution in [1.29, 1.82) is 0 Å². The number of para-hydroxylation sites is 2. The quantitative estimate of drug-likeness (QED) is 0.439. The lowest BCUT2D eigenvalue weighted by atomic mass is 10.2. The fourth-order valence-corrected chi connectivity index (χ4v) is 3.91. The molecule has 1 aromatic carbocycles. The molecule has 0 atom stereocenters. The van der Waals surface area contributed by atoms with Gasteiger partial charge in [0.1, 0.15) is 0 Å². The second kappa shape index (κ2) is 8.82. The van der Waals surface area contributed by atoms with Gasteiger partial charge in [-0.2, -0.15) is 0 Å². The van der Waals surface area contributed by atoms with Crippen LogP contribution in [0.15, 0.2) is 24.3 Å². The molecule has 7 heteroatoms. The normalized spacial score (nSPS) is 14.4. The van der Waals surface area contributed by atoms with Gasteiger partial charge in [-0.15, -0.1) is 11.8 Å². The number of rotatable bonds is 10. The molecule has 2 rings (SSSR count). The van der Waals surface area contributed by atoms with E-state index in [1.165, 1.54) is 0 Å². The molecule has 0 amide bonds. The number of carboxylic acids is 1. The Morgan fingerprint density at radius 2 is 1.83 bits per heavy atom. The molecule has 6 nitrogen and oxygen atoms in total. The van der Waals surface area contributed by atoms with E-state index in [-0.39, 0.29) is 12.4 Å². The smallest absolute Gasteiger partial charge is 0.308 e. The molecule has 1 heterocycles. The molecule has 0 saturated heterocycles. The summed E-state index contributed by atoms with van der Waals surface area (Å²) in [4.78, 5) is 21.8. The lowest BCUT2D eigenvalue weighted by molar-refractivity contribution is -0.143. The molecule has 0 aromatic heterocycles. The summed E-state index contributed by atoms with van der Waals surface area (Å²) in [6.07, 6.45) is 3.06. The second-order valence-corrected chi connectivity index (χ2v) is 7.05. The predicted octanol–water partition coefficient (Wildman–Crippen LogP) is 3.51. The maximum absolute atomic E-state index is 11.3. The third-order valence-corrected chi connectivity index (χ3v) is 5.01. The molecule has 0 saturated carbocycles. The molecule has 0 unspecified atom stereocenters. The minimum Gasteiger partial charge on any atom is -0.481 e. The highest BCUT2D eigenvalue weighted by molar-refractivity contribution is 8.00. The van der Waals surface area contributed by atoms with E-state index >= 15 is 0 Å². The number of thioether (sulfide) groups is 1. The van der Waals surface area contributed by atoms with Crippen LogP contribution in [0.5, 0.6) is 0 Å². The van der Waals surface area contributed by atoms with Gasteiger partial charge in [-0.05, 0) is 37.7 Å². The van der Waals surface area contributed by atoms with E-state index in [1.54, 1.807) is 18.7 Å². The third kappa shape index (κ3) is 5.33. The van der Waals surface area contributed by atoms with Gasteiger partial charge in [-0.25, -0.2) is 0 Å². The van der Waals surface area contributed by atoms with E-state index in [0.29, 0.717) is 13.0 Å². The average Bonchev–Trinajstić information content (AvgIpc) is 2.88. The summed E-state index contributed by atoms with van der Waals surface area (Å²) < 4.78 is 4.90. The van der Waals surface area contributed by atoms with Gasteiger partial charge in [0.15, 0.2) is 4.99 Å². The van der Waals surface area contributed by atoms with Crippen LogP contribution in [0.4, 0.5) is 11.4 Å². The third-order valence-electron chi connectivity index (χ3n) is 3.68. The minimum atomic E-state index is -0.849. The van der Waals surface area contributed by atoms with Crippen molar-refractivity contribution in [3.63, 3.8) is 0 Å². The summed E-state index contributed by atoms with van der Waals surface area (Å²) in [6, 6.07) is 7.71. The van der Waals surface area contributed by atoms with Crippen LogP contribution in [0.1, 0.15) is 39.0 Å². The number of benzene rings is 1. The molecule has 1 aliphatic rings.